The van der Waals surface area contributed by atoms with Gasteiger partial charge in [0.2, 0.25) is 5.95 Å². The minimum absolute atomic E-state index is 0.0689. The van der Waals surface area contributed by atoms with Gasteiger partial charge < -0.3 is 25.8 Å². The van der Waals surface area contributed by atoms with Gasteiger partial charge in [-0.15, -0.1) is 0 Å². The van der Waals surface area contributed by atoms with E-state index >= 15 is 0 Å². The van der Waals surface area contributed by atoms with Crippen LogP contribution in [0, 0.1) is 0 Å². The lowest BCUT2D eigenvalue weighted by molar-refractivity contribution is -0.151. The van der Waals surface area contributed by atoms with Crippen molar-refractivity contribution in [2.24, 2.45) is 0 Å². The van der Waals surface area contributed by atoms with Gasteiger partial charge in [-0.25, -0.2) is 4.98 Å². The van der Waals surface area contributed by atoms with Crippen LogP contribution in [0.15, 0.2) is 11.1 Å². The normalized spacial score (nSPS) is 25.7. The van der Waals surface area contributed by atoms with Crippen molar-refractivity contribution in [3.8, 4) is 0 Å². The molecule has 6 N–H and O–H groups in total. The Morgan fingerprint density at radius 3 is 2.34 bits per heavy atom. The number of aromatic amines is 1. The maximum Gasteiger partial charge on any atom is 0.280 e. The van der Waals surface area contributed by atoms with Crippen molar-refractivity contribution in [1.82, 2.24) is 19.5 Å². The van der Waals surface area contributed by atoms with E-state index < -0.39 is 36.2 Å². The van der Waals surface area contributed by atoms with Crippen LogP contribution >= 0.6 is 0 Å². The third kappa shape index (κ3) is 5.14. The van der Waals surface area contributed by atoms with Gasteiger partial charge in [-0.05, 0) is 12.8 Å². The fraction of sp³-hybridized carbons (Fsp3) is 0.773. The molecule has 2 aromatic rings. The lowest BCUT2D eigenvalue weighted by atomic mass is 9.95. The predicted molar refractivity (Wildman–Crippen MR) is 121 cm³/mol. The maximum absolute atomic E-state index is 12.2. The van der Waals surface area contributed by atoms with E-state index in [0.717, 1.165) is 25.7 Å². The molecule has 0 amide bonds. The molecule has 32 heavy (non-hydrogen) atoms. The van der Waals surface area contributed by atoms with E-state index in [9.17, 15) is 20.1 Å². The summed E-state index contributed by atoms with van der Waals surface area (Å²) in [7, 11) is 0. The van der Waals surface area contributed by atoms with Crippen molar-refractivity contribution in [3.63, 3.8) is 0 Å². The van der Waals surface area contributed by atoms with Crippen LogP contribution < -0.4 is 11.3 Å². The fourth-order valence-electron chi connectivity index (χ4n) is 4.61. The molecule has 2 aromatic heterocycles. The van der Waals surface area contributed by atoms with Gasteiger partial charge in [0.1, 0.15) is 18.3 Å². The number of aromatic nitrogens is 4. The van der Waals surface area contributed by atoms with Crippen molar-refractivity contribution < 1.29 is 20.1 Å². The lowest BCUT2D eigenvalue weighted by Crippen LogP contribution is -2.45. The van der Waals surface area contributed by atoms with Crippen LogP contribution in [0.4, 0.5) is 5.95 Å². The lowest BCUT2D eigenvalue weighted by Gasteiger charge is -2.34. The van der Waals surface area contributed by atoms with E-state index in [1.54, 1.807) is 0 Å². The Balaban J connectivity index is 1.69. The van der Waals surface area contributed by atoms with Crippen molar-refractivity contribution in [2.75, 3.05) is 12.3 Å². The zero-order valence-electron chi connectivity index (χ0n) is 18.9. The number of aliphatic hydroxyl groups is 3. The number of ether oxygens (including phenoxy) is 1. The number of aliphatic hydroxyl groups excluding tert-OH is 3. The standard InChI is InChI=1S/C22H37N5O5/c1-2-3-4-5-6-7-8-9-10-11-12-22(18(30)17(29)15(13-28)32-22)27-14-24-16-19(27)25-21(23)26-20(16)31/h14-15,17-18,28-30H,2-13H2,1H3,(H3,23,25,26,31)/t15-,17-,18-,22-/m1/s1. The first-order valence-electron chi connectivity index (χ1n) is 11.8. The smallest absolute Gasteiger partial charge is 0.280 e. The second-order valence-corrected chi connectivity index (χ2v) is 8.79. The first-order chi connectivity index (χ1) is 15.4. The molecule has 0 radical (unpaired) electrons. The van der Waals surface area contributed by atoms with Crippen molar-refractivity contribution in [3.05, 3.63) is 16.7 Å². The van der Waals surface area contributed by atoms with Gasteiger partial charge in [0, 0.05) is 0 Å². The van der Waals surface area contributed by atoms with Crippen LogP contribution in [-0.4, -0.2) is 59.8 Å². The molecule has 3 heterocycles. The minimum atomic E-state index is -1.39. The Morgan fingerprint density at radius 1 is 1.12 bits per heavy atom. The molecule has 0 aliphatic carbocycles. The molecule has 1 aliphatic heterocycles. The number of imidazole rings is 1. The Kier molecular flexibility index (Phi) is 8.64. The van der Waals surface area contributed by atoms with Crippen LogP contribution in [0.2, 0.25) is 0 Å². The third-order valence-corrected chi connectivity index (χ3v) is 6.42. The number of rotatable bonds is 13. The monoisotopic (exact) mass is 451 g/mol. The summed E-state index contributed by atoms with van der Waals surface area (Å²) in [6, 6.07) is 0. The molecule has 0 unspecified atom stereocenters. The number of unbranched alkanes of at least 4 members (excludes halogenated alkanes) is 9. The third-order valence-electron chi connectivity index (χ3n) is 6.42. The molecule has 0 bridgehead atoms. The number of nitrogen functional groups attached to an aromatic ring is 1. The second-order valence-electron chi connectivity index (χ2n) is 8.79. The van der Waals surface area contributed by atoms with E-state index in [-0.39, 0.29) is 17.1 Å². The average Bonchev–Trinajstić information content (AvgIpc) is 3.30. The number of anilines is 1. The summed E-state index contributed by atoms with van der Waals surface area (Å²) in [5, 5.41) is 31.0. The first kappa shape index (κ1) is 24.6. The van der Waals surface area contributed by atoms with Crippen molar-refractivity contribution in [2.45, 2.75) is 102 Å². The Labute approximate surface area is 187 Å². The van der Waals surface area contributed by atoms with E-state index in [1.165, 1.54) is 49.4 Å². The number of nitrogens with one attached hydrogen (secondary N) is 1. The van der Waals surface area contributed by atoms with Gasteiger partial charge in [-0.1, -0.05) is 64.7 Å². The fourth-order valence-corrected chi connectivity index (χ4v) is 4.61. The number of fused-ring (bicyclic) bond motifs is 1. The van der Waals surface area contributed by atoms with Gasteiger partial charge in [0.15, 0.2) is 16.9 Å². The van der Waals surface area contributed by atoms with Crippen LogP contribution in [0.3, 0.4) is 0 Å². The number of nitrogens with zero attached hydrogens (tertiary/aromatic N) is 3. The highest BCUT2D eigenvalue weighted by molar-refractivity contribution is 5.70. The molecule has 0 saturated carbocycles. The van der Waals surface area contributed by atoms with Gasteiger partial charge in [-0.3, -0.25) is 14.3 Å². The summed E-state index contributed by atoms with van der Waals surface area (Å²) < 4.78 is 7.49. The highest BCUT2D eigenvalue weighted by Gasteiger charge is 2.55. The molecule has 1 aliphatic rings. The number of hydrogen-bond acceptors (Lipinski definition) is 8. The van der Waals surface area contributed by atoms with Crippen LogP contribution in [0.5, 0.6) is 0 Å². The molecule has 10 nitrogen and oxygen atoms in total. The zero-order chi connectivity index (χ0) is 23.1. The van der Waals surface area contributed by atoms with Crippen molar-refractivity contribution in [1.29, 1.82) is 0 Å². The minimum Gasteiger partial charge on any atom is -0.394 e. The summed E-state index contributed by atoms with van der Waals surface area (Å²) in [6.45, 7) is 1.77. The molecule has 0 spiro atoms. The van der Waals surface area contributed by atoms with E-state index in [0.29, 0.717) is 6.42 Å². The zero-order valence-corrected chi connectivity index (χ0v) is 18.9. The summed E-state index contributed by atoms with van der Waals surface area (Å²) in [5.74, 6) is -0.0786. The van der Waals surface area contributed by atoms with E-state index in [1.807, 2.05) is 0 Å². The molecule has 4 atom stereocenters. The van der Waals surface area contributed by atoms with Crippen LogP contribution in [0.25, 0.3) is 11.2 Å². The quantitative estimate of drug-likeness (QED) is 0.288. The predicted octanol–water partition coefficient (Wildman–Crippen LogP) is 1.78. The van der Waals surface area contributed by atoms with Gasteiger partial charge in [0.25, 0.3) is 5.56 Å². The Hall–Kier alpha value is -2.01. The summed E-state index contributed by atoms with van der Waals surface area (Å²) in [4.78, 5) is 22.9. The number of H-pyrrole nitrogens is 1. The number of nitrogens with two attached hydrogens (primary N) is 1. The maximum atomic E-state index is 12.2. The second kappa shape index (κ2) is 11.2. The highest BCUT2D eigenvalue weighted by atomic mass is 16.6. The van der Waals surface area contributed by atoms with Crippen LogP contribution in [0.1, 0.15) is 77.6 Å². The molecule has 1 saturated heterocycles. The molecule has 180 valence electrons. The topological polar surface area (TPSA) is 160 Å². The van der Waals surface area contributed by atoms with Crippen molar-refractivity contribution >= 4 is 17.1 Å². The Morgan fingerprint density at radius 2 is 1.75 bits per heavy atom. The summed E-state index contributed by atoms with van der Waals surface area (Å²) in [5.41, 5.74) is 4.07. The van der Waals surface area contributed by atoms with Gasteiger partial charge in [-0.2, -0.15) is 4.98 Å². The van der Waals surface area contributed by atoms with Gasteiger partial charge in [0.05, 0.1) is 12.9 Å². The van der Waals surface area contributed by atoms with E-state index in [4.69, 9.17) is 10.5 Å². The largest absolute Gasteiger partial charge is 0.394 e. The van der Waals surface area contributed by atoms with Gasteiger partial charge >= 0.3 is 0 Å². The molecule has 3 rings (SSSR count). The number of hydrogen-bond donors (Lipinski definition) is 5. The SMILES string of the molecule is CCCCCCCCCCCC[C@@]1(n2cnc3c(=O)[nH]c(N)nc32)O[C@H](CO)[C@@H](O)[C@H]1O. The molecule has 1 fully saturated rings. The molecular weight excluding hydrogens is 414 g/mol. The average molecular weight is 452 g/mol. The Bertz CT molecular complexity index is 916. The summed E-state index contributed by atoms with van der Waals surface area (Å²) in [6.07, 6.45) is 9.74. The van der Waals surface area contributed by atoms with E-state index in [2.05, 4.69) is 21.9 Å². The first-order valence-corrected chi connectivity index (χ1v) is 11.8. The molecule has 10 heteroatoms. The molecule has 0 aromatic carbocycles. The molecular formula is C22H37N5O5. The van der Waals surface area contributed by atoms with Crippen LogP contribution in [-0.2, 0) is 10.5 Å². The highest BCUT2D eigenvalue weighted by Crippen LogP contribution is 2.41. The summed E-state index contributed by atoms with van der Waals surface area (Å²) >= 11 is 0.